The highest BCUT2D eigenvalue weighted by Crippen LogP contribution is 2.29. The van der Waals surface area contributed by atoms with Gasteiger partial charge in [0.1, 0.15) is 23.7 Å². The van der Waals surface area contributed by atoms with Gasteiger partial charge >= 0.3 is 0 Å². The Balaban J connectivity index is 1.79. The Morgan fingerprint density at radius 1 is 1.35 bits per heavy atom. The lowest BCUT2D eigenvalue weighted by atomic mass is 9.92. The fourth-order valence-electron chi connectivity index (χ4n) is 3.48. The zero-order valence-corrected chi connectivity index (χ0v) is 16.4. The second-order valence-electron chi connectivity index (χ2n) is 7.23. The van der Waals surface area contributed by atoms with Crippen LogP contribution >= 0.6 is 11.8 Å². The molecule has 0 aliphatic carbocycles. The number of rotatable bonds is 7. The van der Waals surface area contributed by atoms with Crippen molar-refractivity contribution in [1.29, 1.82) is 0 Å². The molecule has 3 unspecified atom stereocenters. The fourth-order valence-corrected chi connectivity index (χ4v) is 4.17. The number of piperidine rings is 1. The first-order chi connectivity index (χ1) is 12.4. The summed E-state index contributed by atoms with van der Waals surface area (Å²) in [5.41, 5.74) is -0.572. The minimum Gasteiger partial charge on any atom is -0.388 e. The third-order valence-electron chi connectivity index (χ3n) is 5.17. The summed E-state index contributed by atoms with van der Waals surface area (Å²) < 4.78 is 11.1. The number of carbonyl (C=O) groups excluding carboxylic acids is 1. The fraction of sp³-hybridized carbons (Fsp3) is 0.941. The van der Waals surface area contributed by atoms with Crippen molar-refractivity contribution in [3.63, 3.8) is 0 Å². The number of hydrogen-bond acceptors (Lipinski definition) is 8. The van der Waals surface area contributed by atoms with E-state index >= 15 is 0 Å². The molecule has 0 aromatic rings. The first-order valence-corrected chi connectivity index (χ1v) is 10.4. The van der Waals surface area contributed by atoms with Crippen molar-refractivity contribution in [2.75, 3.05) is 26.5 Å². The quantitative estimate of drug-likeness (QED) is 0.377. The summed E-state index contributed by atoms with van der Waals surface area (Å²) in [5, 5.41) is 36.2. The summed E-state index contributed by atoms with van der Waals surface area (Å²) in [6.45, 7) is 3.16. The predicted octanol–water partition coefficient (Wildman–Crippen LogP) is -0.934. The van der Waals surface area contributed by atoms with E-state index in [1.54, 1.807) is 13.4 Å². The molecule has 2 heterocycles. The van der Waals surface area contributed by atoms with Crippen molar-refractivity contribution in [1.82, 2.24) is 10.6 Å². The Morgan fingerprint density at radius 2 is 2.08 bits per heavy atom. The monoisotopic (exact) mass is 392 g/mol. The Labute approximate surface area is 159 Å². The molecule has 2 saturated heterocycles. The minimum atomic E-state index is -1.23. The molecule has 0 aromatic carbocycles. The maximum Gasteiger partial charge on any atom is 0.237 e. The third kappa shape index (κ3) is 5.54. The smallest absolute Gasteiger partial charge is 0.237 e. The van der Waals surface area contributed by atoms with Gasteiger partial charge in [0.2, 0.25) is 5.91 Å². The Hall–Kier alpha value is -0.420. The van der Waals surface area contributed by atoms with Crippen molar-refractivity contribution in [3.8, 4) is 0 Å². The van der Waals surface area contributed by atoms with Crippen LogP contribution in [0.3, 0.4) is 0 Å². The molecule has 0 saturated carbocycles. The number of carbonyl (C=O) groups is 1. The molecular formula is C17H32N2O6S. The molecule has 2 aliphatic rings. The van der Waals surface area contributed by atoms with Crippen LogP contribution in [0.15, 0.2) is 0 Å². The summed E-state index contributed by atoms with van der Waals surface area (Å²) in [6.07, 6.45) is -0.157. The highest BCUT2D eigenvalue weighted by molar-refractivity contribution is 7.99. The molecule has 0 radical (unpaired) electrons. The number of ether oxygens (including phenoxy) is 2. The molecule has 8 nitrogen and oxygen atoms in total. The van der Waals surface area contributed by atoms with Crippen molar-refractivity contribution in [2.45, 2.75) is 68.2 Å². The van der Waals surface area contributed by atoms with E-state index in [0.29, 0.717) is 19.4 Å². The second kappa shape index (κ2) is 10.2. The average Bonchev–Trinajstić information content (AvgIpc) is 2.66. The predicted molar refractivity (Wildman–Crippen MR) is 98.8 cm³/mol. The topological polar surface area (TPSA) is 120 Å². The molecule has 5 N–H and O–H groups in total. The zero-order valence-electron chi connectivity index (χ0n) is 15.6. The van der Waals surface area contributed by atoms with E-state index in [4.69, 9.17) is 9.47 Å². The van der Waals surface area contributed by atoms with Crippen LogP contribution in [-0.2, 0) is 14.3 Å². The van der Waals surface area contributed by atoms with Crippen LogP contribution in [0.5, 0.6) is 0 Å². The second-order valence-corrected chi connectivity index (χ2v) is 8.16. The van der Waals surface area contributed by atoms with Gasteiger partial charge in [-0.1, -0.05) is 6.92 Å². The van der Waals surface area contributed by atoms with Crippen LogP contribution in [0.4, 0.5) is 0 Å². The minimum absolute atomic E-state index is 0.0466. The average molecular weight is 393 g/mol. The maximum atomic E-state index is 12.3. The van der Waals surface area contributed by atoms with Crippen LogP contribution in [0.25, 0.3) is 0 Å². The first kappa shape index (κ1) is 21.9. The number of nitrogens with one attached hydrogen (secondary N) is 2. The van der Waals surface area contributed by atoms with E-state index in [-0.39, 0.29) is 24.0 Å². The van der Waals surface area contributed by atoms with E-state index in [2.05, 4.69) is 10.6 Å². The summed E-state index contributed by atoms with van der Waals surface area (Å²) in [6, 6.07) is -0.254. The van der Waals surface area contributed by atoms with Crippen molar-refractivity contribution < 1.29 is 29.6 Å². The maximum absolute atomic E-state index is 12.3. The zero-order chi connectivity index (χ0) is 19.3. The summed E-state index contributed by atoms with van der Waals surface area (Å²) >= 11 is 1.30. The van der Waals surface area contributed by atoms with Crippen LogP contribution < -0.4 is 10.6 Å². The van der Waals surface area contributed by atoms with Gasteiger partial charge in [-0.2, -0.15) is 0 Å². The largest absolute Gasteiger partial charge is 0.388 e. The van der Waals surface area contributed by atoms with E-state index < -0.39 is 29.9 Å². The molecular weight excluding hydrogens is 360 g/mol. The van der Waals surface area contributed by atoms with Gasteiger partial charge in [-0.05, 0) is 38.0 Å². The summed E-state index contributed by atoms with van der Waals surface area (Å²) in [5.74, 6) is -0.00785. The van der Waals surface area contributed by atoms with Gasteiger partial charge in [0, 0.05) is 13.7 Å². The highest BCUT2D eigenvalue weighted by atomic mass is 32.2. The van der Waals surface area contributed by atoms with Gasteiger partial charge < -0.3 is 35.4 Å². The van der Waals surface area contributed by atoms with Gasteiger partial charge in [-0.15, -0.1) is 11.8 Å². The van der Waals surface area contributed by atoms with Gasteiger partial charge in [0.05, 0.1) is 18.2 Å². The van der Waals surface area contributed by atoms with Crippen LogP contribution in [0.2, 0.25) is 0 Å². The molecule has 26 heavy (non-hydrogen) atoms. The summed E-state index contributed by atoms with van der Waals surface area (Å²) in [4.78, 5) is 12.3. The molecule has 2 aliphatic heterocycles. The lowest BCUT2D eigenvalue weighted by Gasteiger charge is -2.40. The van der Waals surface area contributed by atoms with E-state index in [0.717, 1.165) is 13.0 Å². The van der Waals surface area contributed by atoms with Gasteiger partial charge in [-0.25, -0.2) is 0 Å². The third-order valence-corrected chi connectivity index (χ3v) is 6.02. The molecule has 8 atom stereocenters. The van der Waals surface area contributed by atoms with Gasteiger partial charge in [-0.3, -0.25) is 4.79 Å². The number of hydrogen-bond donors (Lipinski definition) is 5. The van der Waals surface area contributed by atoms with Crippen molar-refractivity contribution in [3.05, 3.63) is 0 Å². The number of aliphatic hydroxyl groups is 3. The van der Waals surface area contributed by atoms with Crippen molar-refractivity contribution >= 4 is 17.7 Å². The molecule has 0 aromatic heterocycles. The number of methoxy groups -OCH3 is 1. The molecule has 2 fully saturated rings. The SMILES string of the molecule is COC1CCNC(C(=O)NCC(C)C[C@@H]2O[C@@H](SC)[C@@H](O)[C@H](O)[C@@H]2O)C1. The van der Waals surface area contributed by atoms with Crippen LogP contribution in [0.1, 0.15) is 26.2 Å². The van der Waals surface area contributed by atoms with Crippen LogP contribution in [-0.4, -0.2) is 89.7 Å². The molecule has 0 spiro atoms. The molecule has 9 heteroatoms. The lowest BCUT2D eigenvalue weighted by molar-refractivity contribution is -0.201. The molecule has 0 bridgehead atoms. The van der Waals surface area contributed by atoms with Gasteiger partial charge in [0.15, 0.2) is 0 Å². The number of aliphatic hydroxyl groups excluding tert-OH is 3. The Morgan fingerprint density at radius 3 is 2.73 bits per heavy atom. The normalized spacial score (nSPS) is 39.4. The van der Waals surface area contributed by atoms with Gasteiger partial charge in [0.25, 0.3) is 0 Å². The standard InChI is InChI=1S/C17H32N2O6S/c1-9(6-12-13(20)14(21)15(22)17(25-12)26-3)8-19-16(23)11-7-10(24-2)4-5-18-11/h9-15,17-18,20-22H,4-8H2,1-3H3,(H,19,23)/t9?,10?,11?,12-,13+,14+,15-,17-/m0/s1. The highest BCUT2D eigenvalue weighted by Gasteiger charge is 2.43. The molecule has 2 rings (SSSR count). The van der Waals surface area contributed by atoms with Crippen molar-refractivity contribution in [2.24, 2.45) is 5.92 Å². The van der Waals surface area contributed by atoms with E-state index in [1.807, 2.05) is 6.92 Å². The van der Waals surface area contributed by atoms with Crippen LogP contribution in [0, 0.1) is 5.92 Å². The number of amides is 1. The molecule has 1 amide bonds. The summed E-state index contributed by atoms with van der Waals surface area (Å²) in [7, 11) is 1.66. The molecule has 152 valence electrons. The first-order valence-electron chi connectivity index (χ1n) is 9.13. The van der Waals surface area contributed by atoms with E-state index in [1.165, 1.54) is 11.8 Å². The lowest BCUT2D eigenvalue weighted by Crippen LogP contribution is -2.57. The number of thioether (sulfide) groups is 1. The Bertz CT molecular complexity index is 455. The van der Waals surface area contributed by atoms with E-state index in [9.17, 15) is 20.1 Å². The Kier molecular flexibility index (Phi) is 8.59.